The van der Waals surface area contributed by atoms with Crippen molar-refractivity contribution in [3.8, 4) is 17.2 Å². The third-order valence-electron chi connectivity index (χ3n) is 2.64. The second-order valence-electron chi connectivity index (χ2n) is 4.14. The zero-order valence-electron chi connectivity index (χ0n) is 10.8. The van der Waals surface area contributed by atoms with Crippen LogP contribution in [-0.4, -0.2) is 21.9 Å². The number of alkyl halides is 2. The largest absolute Gasteiger partial charge is 0.434 e. The molecule has 1 atom stereocenters. The van der Waals surface area contributed by atoms with Crippen molar-refractivity contribution in [3.05, 3.63) is 30.1 Å². The summed E-state index contributed by atoms with van der Waals surface area (Å²) in [5, 5.41) is 13.4. The van der Waals surface area contributed by atoms with Gasteiger partial charge in [0, 0.05) is 0 Å². The van der Waals surface area contributed by atoms with Crippen LogP contribution in [0.25, 0.3) is 11.5 Å². The van der Waals surface area contributed by atoms with Crippen LogP contribution in [0.5, 0.6) is 5.75 Å². The Balaban J connectivity index is 2.28. The van der Waals surface area contributed by atoms with Crippen LogP contribution < -0.4 is 4.74 Å². The van der Waals surface area contributed by atoms with Gasteiger partial charge in [-0.1, -0.05) is 30.6 Å². The summed E-state index contributed by atoms with van der Waals surface area (Å²) in [6, 6.07) is 6.11. The van der Waals surface area contributed by atoms with E-state index in [4.69, 9.17) is 4.52 Å². The first-order chi connectivity index (χ1) is 9.61. The van der Waals surface area contributed by atoms with Crippen LogP contribution >= 0.6 is 0 Å². The van der Waals surface area contributed by atoms with Crippen molar-refractivity contribution in [2.75, 3.05) is 0 Å². The Morgan fingerprint density at radius 2 is 2.10 bits per heavy atom. The Kier molecular flexibility index (Phi) is 4.62. The quantitative estimate of drug-likeness (QED) is 0.882. The molecule has 0 radical (unpaired) electrons. The molecule has 7 heteroatoms. The van der Waals surface area contributed by atoms with Gasteiger partial charge in [0.2, 0.25) is 5.82 Å². The lowest BCUT2D eigenvalue weighted by molar-refractivity contribution is -0.0495. The highest BCUT2D eigenvalue weighted by molar-refractivity contribution is 5.62. The molecule has 0 aliphatic rings. The number of halogens is 2. The number of hydrogen-bond acceptors (Lipinski definition) is 5. The standard InChI is InChI=1S/C13H14F2N2O3/c1-2-5-9(18)11-16-12(20-17-11)8-6-3-4-7-10(8)19-13(14)15/h3-4,6-7,9,13,18H,2,5H2,1H3. The summed E-state index contributed by atoms with van der Waals surface area (Å²) in [5.74, 6) is 0.114. The van der Waals surface area contributed by atoms with E-state index >= 15 is 0 Å². The third-order valence-corrected chi connectivity index (χ3v) is 2.64. The van der Waals surface area contributed by atoms with E-state index in [9.17, 15) is 13.9 Å². The van der Waals surface area contributed by atoms with Gasteiger partial charge in [0.25, 0.3) is 5.89 Å². The maximum atomic E-state index is 12.3. The van der Waals surface area contributed by atoms with Crippen LogP contribution in [-0.2, 0) is 0 Å². The van der Waals surface area contributed by atoms with E-state index in [1.807, 2.05) is 6.92 Å². The molecule has 0 saturated heterocycles. The van der Waals surface area contributed by atoms with Gasteiger partial charge in [0.15, 0.2) is 0 Å². The molecule has 1 unspecified atom stereocenters. The molecule has 1 heterocycles. The number of hydrogen-bond donors (Lipinski definition) is 1. The number of aliphatic hydroxyl groups excluding tert-OH is 1. The molecule has 1 N–H and O–H groups in total. The van der Waals surface area contributed by atoms with Gasteiger partial charge in [-0.2, -0.15) is 13.8 Å². The number of rotatable bonds is 6. The van der Waals surface area contributed by atoms with Crippen molar-refractivity contribution < 1.29 is 23.1 Å². The highest BCUT2D eigenvalue weighted by atomic mass is 19.3. The number of ether oxygens (including phenoxy) is 1. The molecule has 0 saturated carbocycles. The molecule has 1 aromatic heterocycles. The van der Waals surface area contributed by atoms with Crippen molar-refractivity contribution >= 4 is 0 Å². The van der Waals surface area contributed by atoms with Gasteiger partial charge in [-0.3, -0.25) is 0 Å². The van der Waals surface area contributed by atoms with Gasteiger partial charge in [-0.25, -0.2) is 0 Å². The molecule has 0 aliphatic heterocycles. The number of nitrogens with zero attached hydrogens (tertiary/aromatic N) is 2. The summed E-state index contributed by atoms with van der Waals surface area (Å²) in [4.78, 5) is 4.01. The molecule has 5 nitrogen and oxygen atoms in total. The van der Waals surface area contributed by atoms with Gasteiger partial charge in [-0.15, -0.1) is 0 Å². The fourth-order valence-corrected chi connectivity index (χ4v) is 1.72. The second kappa shape index (κ2) is 6.42. The first-order valence-electron chi connectivity index (χ1n) is 6.17. The van der Waals surface area contributed by atoms with Crippen molar-refractivity contribution in [2.45, 2.75) is 32.5 Å². The number of aromatic nitrogens is 2. The molecule has 0 aliphatic carbocycles. The number of aliphatic hydroxyl groups is 1. The highest BCUT2D eigenvalue weighted by Crippen LogP contribution is 2.30. The van der Waals surface area contributed by atoms with Crippen LogP contribution in [0, 0.1) is 0 Å². The summed E-state index contributed by atoms with van der Waals surface area (Å²) in [6.07, 6.45) is 0.422. The van der Waals surface area contributed by atoms with E-state index in [1.165, 1.54) is 12.1 Å². The third kappa shape index (κ3) is 3.30. The summed E-state index contributed by atoms with van der Waals surface area (Å²) in [7, 11) is 0. The second-order valence-corrected chi connectivity index (χ2v) is 4.14. The first-order valence-corrected chi connectivity index (χ1v) is 6.17. The number of benzene rings is 1. The molecule has 2 rings (SSSR count). The Hall–Kier alpha value is -2.02. The average molecular weight is 284 g/mol. The topological polar surface area (TPSA) is 68.4 Å². The Morgan fingerprint density at radius 3 is 2.80 bits per heavy atom. The van der Waals surface area contributed by atoms with Crippen LogP contribution in [0.2, 0.25) is 0 Å². The van der Waals surface area contributed by atoms with Gasteiger partial charge in [0.05, 0.1) is 5.56 Å². The molecule has 0 amide bonds. The maximum Gasteiger partial charge on any atom is 0.387 e. The molecule has 1 aromatic carbocycles. The van der Waals surface area contributed by atoms with E-state index in [1.54, 1.807) is 12.1 Å². The zero-order chi connectivity index (χ0) is 14.5. The minimum Gasteiger partial charge on any atom is -0.434 e. The molecule has 108 valence electrons. The van der Waals surface area contributed by atoms with Crippen molar-refractivity contribution in [1.82, 2.24) is 10.1 Å². The lowest BCUT2D eigenvalue weighted by Crippen LogP contribution is -2.03. The fourth-order valence-electron chi connectivity index (χ4n) is 1.72. The smallest absolute Gasteiger partial charge is 0.387 e. The molecule has 2 aromatic rings. The first kappa shape index (κ1) is 14.4. The average Bonchev–Trinajstić information content (AvgIpc) is 2.88. The van der Waals surface area contributed by atoms with Crippen LogP contribution in [0.3, 0.4) is 0 Å². The fraction of sp³-hybridized carbons (Fsp3) is 0.385. The Bertz CT molecular complexity index is 560. The Labute approximate surface area is 114 Å². The van der Waals surface area contributed by atoms with Crippen LogP contribution in [0.4, 0.5) is 8.78 Å². The molecule has 20 heavy (non-hydrogen) atoms. The van der Waals surface area contributed by atoms with E-state index in [-0.39, 0.29) is 23.0 Å². The molecule has 0 spiro atoms. The minimum absolute atomic E-state index is 0.0337. The van der Waals surface area contributed by atoms with Gasteiger partial charge >= 0.3 is 6.61 Å². The summed E-state index contributed by atoms with van der Waals surface area (Å²) < 4.78 is 34.0. The molecular weight excluding hydrogens is 270 g/mol. The zero-order valence-corrected chi connectivity index (χ0v) is 10.8. The lowest BCUT2D eigenvalue weighted by Gasteiger charge is -2.07. The maximum absolute atomic E-state index is 12.3. The van der Waals surface area contributed by atoms with Gasteiger partial charge in [-0.05, 0) is 18.6 Å². The van der Waals surface area contributed by atoms with Crippen molar-refractivity contribution in [1.29, 1.82) is 0 Å². The van der Waals surface area contributed by atoms with Crippen molar-refractivity contribution in [3.63, 3.8) is 0 Å². The van der Waals surface area contributed by atoms with E-state index in [0.717, 1.165) is 6.42 Å². The summed E-state index contributed by atoms with van der Waals surface area (Å²) in [5.41, 5.74) is 0.259. The Morgan fingerprint density at radius 1 is 1.35 bits per heavy atom. The molecular formula is C13H14F2N2O3. The highest BCUT2D eigenvalue weighted by Gasteiger charge is 2.19. The van der Waals surface area contributed by atoms with Crippen LogP contribution in [0.15, 0.2) is 28.8 Å². The monoisotopic (exact) mass is 284 g/mol. The summed E-state index contributed by atoms with van der Waals surface area (Å²) in [6.45, 7) is -1.03. The van der Waals surface area contributed by atoms with Gasteiger partial charge in [0.1, 0.15) is 11.9 Å². The van der Waals surface area contributed by atoms with E-state index < -0.39 is 12.7 Å². The predicted molar refractivity (Wildman–Crippen MR) is 66.2 cm³/mol. The normalized spacial score (nSPS) is 12.7. The summed E-state index contributed by atoms with van der Waals surface area (Å²) >= 11 is 0. The van der Waals surface area contributed by atoms with Crippen molar-refractivity contribution in [2.24, 2.45) is 0 Å². The van der Waals surface area contributed by atoms with Crippen LogP contribution in [0.1, 0.15) is 31.7 Å². The lowest BCUT2D eigenvalue weighted by atomic mass is 10.2. The molecule has 0 bridgehead atoms. The van der Waals surface area contributed by atoms with E-state index in [2.05, 4.69) is 14.9 Å². The number of para-hydroxylation sites is 1. The minimum atomic E-state index is -2.94. The molecule has 0 fully saturated rings. The SMILES string of the molecule is CCCC(O)c1noc(-c2ccccc2OC(F)F)n1. The van der Waals surface area contributed by atoms with E-state index in [0.29, 0.717) is 6.42 Å². The van der Waals surface area contributed by atoms with Gasteiger partial charge < -0.3 is 14.4 Å². The predicted octanol–water partition coefficient (Wildman–Crippen LogP) is 3.17.